The van der Waals surface area contributed by atoms with E-state index < -0.39 is 0 Å². The Morgan fingerprint density at radius 2 is 1.94 bits per heavy atom. The van der Waals surface area contributed by atoms with Crippen LogP contribution < -0.4 is 9.47 Å². The first-order valence-corrected chi connectivity index (χ1v) is 5.17. The lowest BCUT2D eigenvalue weighted by molar-refractivity contribution is 0.304. The van der Waals surface area contributed by atoms with Crippen LogP contribution in [0.4, 0.5) is 0 Å². The molecule has 0 spiro atoms. The minimum atomic E-state index is 0. The second kappa shape index (κ2) is 5.41. The number of hydrogen-bond donors (Lipinski definition) is 0. The molecule has 4 heteroatoms. The van der Waals surface area contributed by atoms with E-state index in [1.807, 2.05) is 6.07 Å². The van der Waals surface area contributed by atoms with Gasteiger partial charge in [-0.15, -0.1) is 12.4 Å². The molecule has 0 aliphatic carbocycles. The van der Waals surface area contributed by atoms with Gasteiger partial charge in [0.05, 0.1) is 14.2 Å². The van der Waals surface area contributed by atoms with Gasteiger partial charge in [-0.05, 0) is 25.1 Å². The Labute approximate surface area is 103 Å². The number of rotatable bonds is 2. The van der Waals surface area contributed by atoms with Crippen LogP contribution in [0, 0.1) is 0 Å². The van der Waals surface area contributed by atoms with Crippen LogP contribution in [0.15, 0.2) is 12.1 Å². The van der Waals surface area contributed by atoms with Gasteiger partial charge in [0.15, 0.2) is 0 Å². The second-order valence-electron chi connectivity index (χ2n) is 3.96. The number of hydrogen-bond acceptors (Lipinski definition) is 3. The number of benzene rings is 1. The van der Waals surface area contributed by atoms with Gasteiger partial charge in [-0.2, -0.15) is 0 Å². The molecule has 1 aliphatic heterocycles. The lowest BCUT2D eigenvalue weighted by Crippen LogP contribution is -2.26. The summed E-state index contributed by atoms with van der Waals surface area (Å²) < 4.78 is 10.7. The summed E-state index contributed by atoms with van der Waals surface area (Å²) in [4.78, 5) is 2.31. The highest BCUT2D eigenvalue weighted by Gasteiger charge is 2.18. The van der Waals surface area contributed by atoms with Crippen molar-refractivity contribution >= 4 is 12.4 Å². The summed E-state index contributed by atoms with van der Waals surface area (Å²) in [6.45, 7) is 2.07. The fraction of sp³-hybridized carbons (Fsp3) is 0.500. The van der Waals surface area contributed by atoms with Crippen LogP contribution >= 0.6 is 12.4 Å². The maximum absolute atomic E-state index is 5.39. The summed E-state index contributed by atoms with van der Waals surface area (Å²) in [7, 11) is 5.54. The van der Waals surface area contributed by atoms with Crippen molar-refractivity contribution in [1.29, 1.82) is 0 Å². The molecule has 1 aromatic carbocycles. The normalized spacial score (nSPS) is 14.9. The van der Waals surface area contributed by atoms with E-state index in [0.717, 1.165) is 31.0 Å². The van der Waals surface area contributed by atoms with E-state index in [0.29, 0.717) is 0 Å². The molecule has 0 saturated heterocycles. The largest absolute Gasteiger partial charge is 0.497 e. The summed E-state index contributed by atoms with van der Waals surface area (Å²) in [5.41, 5.74) is 2.65. The summed E-state index contributed by atoms with van der Waals surface area (Å²) in [6.07, 6.45) is 1.05. The van der Waals surface area contributed by atoms with Crippen LogP contribution in [-0.4, -0.2) is 32.7 Å². The van der Waals surface area contributed by atoms with Gasteiger partial charge in [0.2, 0.25) is 0 Å². The first kappa shape index (κ1) is 13.1. The van der Waals surface area contributed by atoms with Gasteiger partial charge >= 0.3 is 0 Å². The number of halogens is 1. The monoisotopic (exact) mass is 243 g/mol. The van der Waals surface area contributed by atoms with E-state index in [2.05, 4.69) is 18.0 Å². The van der Waals surface area contributed by atoms with Crippen LogP contribution in [0.2, 0.25) is 0 Å². The molecule has 90 valence electrons. The van der Waals surface area contributed by atoms with Crippen molar-refractivity contribution in [3.05, 3.63) is 23.3 Å². The lowest BCUT2D eigenvalue weighted by Gasteiger charge is -2.26. The van der Waals surface area contributed by atoms with Gasteiger partial charge in [-0.1, -0.05) is 0 Å². The van der Waals surface area contributed by atoms with Gasteiger partial charge in [0, 0.05) is 24.7 Å². The van der Waals surface area contributed by atoms with Gasteiger partial charge in [-0.3, -0.25) is 0 Å². The van der Waals surface area contributed by atoms with E-state index in [1.165, 1.54) is 11.1 Å². The molecule has 0 saturated carbocycles. The first-order valence-electron chi connectivity index (χ1n) is 5.17. The van der Waals surface area contributed by atoms with Gasteiger partial charge in [0.25, 0.3) is 0 Å². The van der Waals surface area contributed by atoms with E-state index >= 15 is 0 Å². The predicted octanol–water partition coefficient (Wildman–Crippen LogP) is 2.11. The van der Waals surface area contributed by atoms with Crippen molar-refractivity contribution in [2.24, 2.45) is 0 Å². The van der Waals surface area contributed by atoms with E-state index in [9.17, 15) is 0 Å². The molecular formula is C12H18ClNO2. The van der Waals surface area contributed by atoms with Crippen LogP contribution in [0.5, 0.6) is 11.5 Å². The summed E-state index contributed by atoms with van der Waals surface area (Å²) >= 11 is 0. The van der Waals surface area contributed by atoms with Gasteiger partial charge in [0.1, 0.15) is 11.5 Å². The summed E-state index contributed by atoms with van der Waals surface area (Å²) in [5, 5.41) is 0. The minimum Gasteiger partial charge on any atom is -0.497 e. The lowest BCUT2D eigenvalue weighted by atomic mass is 9.98. The van der Waals surface area contributed by atoms with Crippen molar-refractivity contribution < 1.29 is 9.47 Å². The highest BCUT2D eigenvalue weighted by atomic mass is 35.5. The zero-order valence-corrected chi connectivity index (χ0v) is 10.8. The molecule has 16 heavy (non-hydrogen) atoms. The first-order chi connectivity index (χ1) is 7.24. The third-order valence-corrected chi connectivity index (χ3v) is 2.91. The quantitative estimate of drug-likeness (QED) is 0.794. The molecule has 0 radical (unpaired) electrons. The van der Waals surface area contributed by atoms with Crippen molar-refractivity contribution in [3.63, 3.8) is 0 Å². The Morgan fingerprint density at radius 1 is 1.19 bits per heavy atom. The number of nitrogens with zero attached hydrogens (tertiary/aromatic N) is 1. The van der Waals surface area contributed by atoms with Crippen molar-refractivity contribution in [3.8, 4) is 11.5 Å². The minimum absolute atomic E-state index is 0. The van der Waals surface area contributed by atoms with Crippen molar-refractivity contribution in [1.82, 2.24) is 4.90 Å². The number of likely N-dealkylation sites (N-methyl/N-ethyl adjacent to an activating group) is 1. The van der Waals surface area contributed by atoms with Crippen LogP contribution in [0.1, 0.15) is 11.1 Å². The molecule has 0 amide bonds. The Morgan fingerprint density at radius 3 is 2.56 bits per heavy atom. The maximum atomic E-state index is 5.39. The van der Waals surface area contributed by atoms with Crippen LogP contribution in [0.3, 0.4) is 0 Å². The molecule has 0 bridgehead atoms. The molecule has 1 aromatic rings. The Kier molecular flexibility index (Phi) is 4.44. The maximum Gasteiger partial charge on any atom is 0.126 e. The van der Waals surface area contributed by atoms with Crippen molar-refractivity contribution in [2.45, 2.75) is 13.0 Å². The molecule has 0 unspecified atom stereocenters. The Bertz CT molecular complexity index is 368. The zero-order valence-electron chi connectivity index (χ0n) is 9.95. The highest BCUT2D eigenvalue weighted by molar-refractivity contribution is 5.85. The molecule has 0 fully saturated rings. The highest BCUT2D eigenvalue weighted by Crippen LogP contribution is 2.32. The van der Waals surface area contributed by atoms with Gasteiger partial charge in [-0.25, -0.2) is 0 Å². The Balaban J connectivity index is 0.00000128. The molecule has 0 aromatic heterocycles. The van der Waals surface area contributed by atoms with Gasteiger partial charge < -0.3 is 14.4 Å². The molecule has 3 nitrogen and oxygen atoms in total. The second-order valence-corrected chi connectivity index (χ2v) is 3.96. The smallest absolute Gasteiger partial charge is 0.126 e. The standard InChI is InChI=1S/C12H17NO2.ClH/c1-13-5-4-11-9(8-13)6-10(14-2)7-12(11)15-3;/h6-7H,4-5,8H2,1-3H3;1H. The SMILES string of the molecule is COc1cc2c(c(OC)c1)CCN(C)C2.Cl. The Hall–Kier alpha value is -0.930. The number of methoxy groups -OCH3 is 2. The van der Waals surface area contributed by atoms with E-state index in [4.69, 9.17) is 9.47 Å². The molecule has 2 rings (SSSR count). The predicted molar refractivity (Wildman–Crippen MR) is 66.8 cm³/mol. The molecule has 1 aliphatic rings. The number of ether oxygens (including phenoxy) is 2. The zero-order chi connectivity index (χ0) is 10.8. The third-order valence-electron chi connectivity index (χ3n) is 2.91. The molecule has 0 atom stereocenters. The average molecular weight is 244 g/mol. The average Bonchev–Trinajstić information content (AvgIpc) is 2.26. The molecular weight excluding hydrogens is 226 g/mol. The van der Waals surface area contributed by atoms with Crippen LogP contribution in [-0.2, 0) is 13.0 Å². The topological polar surface area (TPSA) is 21.7 Å². The fourth-order valence-corrected chi connectivity index (χ4v) is 2.07. The molecule has 1 heterocycles. The van der Waals surface area contributed by atoms with Crippen molar-refractivity contribution in [2.75, 3.05) is 27.8 Å². The summed E-state index contributed by atoms with van der Waals surface area (Å²) in [6, 6.07) is 4.07. The van der Waals surface area contributed by atoms with E-state index in [1.54, 1.807) is 14.2 Å². The van der Waals surface area contributed by atoms with E-state index in [-0.39, 0.29) is 12.4 Å². The number of fused-ring (bicyclic) bond motifs is 1. The van der Waals surface area contributed by atoms with Crippen LogP contribution in [0.25, 0.3) is 0 Å². The molecule has 0 N–H and O–H groups in total. The summed E-state index contributed by atoms with van der Waals surface area (Å²) in [5.74, 6) is 1.83. The third kappa shape index (κ3) is 2.42. The fourth-order valence-electron chi connectivity index (χ4n) is 2.07.